The normalized spacial score (nSPS) is 16.3. The lowest BCUT2D eigenvalue weighted by Gasteiger charge is -2.22. The Morgan fingerprint density at radius 2 is 2.33 bits per heavy atom. The summed E-state index contributed by atoms with van der Waals surface area (Å²) in [4.78, 5) is 13.3. The van der Waals surface area contributed by atoms with Crippen LogP contribution in [0.4, 0.5) is 10.1 Å². The predicted molar refractivity (Wildman–Crippen MR) is 69.0 cm³/mol. The molecule has 1 saturated heterocycles. The first kappa shape index (κ1) is 12.8. The van der Waals surface area contributed by atoms with Crippen molar-refractivity contribution in [3.63, 3.8) is 0 Å². The number of halogens is 1. The number of hydrogen-bond acceptors (Lipinski definition) is 3. The molecular formula is C13H18FN3O. The highest BCUT2D eigenvalue weighted by Crippen LogP contribution is 2.21. The van der Waals surface area contributed by atoms with Gasteiger partial charge in [-0.3, -0.25) is 4.79 Å². The zero-order valence-corrected chi connectivity index (χ0v) is 10.5. The van der Waals surface area contributed by atoms with Crippen molar-refractivity contribution in [3.8, 4) is 0 Å². The van der Waals surface area contributed by atoms with Crippen LogP contribution in [-0.2, 0) is 11.3 Å². The maximum atomic E-state index is 14.0. The van der Waals surface area contributed by atoms with Crippen molar-refractivity contribution in [2.75, 3.05) is 31.6 Å². The fraction of sp³-hybridized carbons (Fsp3) is 0.462. The first-order valence-electron chi connectivity index (χ1n) is 6.15. The second-order valence-electron chi connectivity index (χ2n) is 4.44. The van der Waals surface area contributed by atoms with Gasteiger partial charge in [-0.05, 0) is 31.2 Å². The van der Waals surface area contributed by atoms with Crippen LogP contribution in [-0.4, -0.2) is 32.6 Å². The van der Waals surface area contributed by atoms with Gasteiger partial charge in [-0.15, -0.1) is 0 Å². The third kappa shape index (κ3) is 2.98. The Hall–Kier alpha value is -1.62. The van der Waals surface area contributed by atoms with E-state index in [4.69, 9.17) is 0 Å². The molecule has 0 radical (unpaired) electrons. The Kier molecular flexibility index (Phi) is 4.15. The van der Waals surface area contributed by atoms with E-state index in [2.05, 4.69) is 10.6 Å². The van der Waals surface area contributed by atoms with Gasteiger partial charge in [-0.1, -0.05) is 6.07 Å². The van der Waals surface area contributed by atoms with Crippen molar-refractivity contribution in [2.45, 2.75) is 13.0 Å². The molecule has 0 atom stereocenters. The molecule has 98 valence electrons. The summed E-state index contributed by atoms with van der Waals surface area (Å²) in [5.74, 6) is -0.316. The largest absolute Gasteiger partial charge is 0.360 e. The van der Waals surface area contributed by atoms with Crippen LogP contribution < -0.4 is 15.5 Å². The second-order valence-corrected chi connectivity index (χ2v) is 4.44. The highest BCUT2D eigenvalue weighted by atomic mass is 19.1. The minimum atomic E-state index is -0.266. The molecule has 0 aromatic heterocycles. The van der Waals surface area contributed by atoms with Crippen LogP contribution in [0.25, 0.3) is 0 Å². The molecule has 1 aromatic rings. The van der Waals surface area contributed by atoms with E-state index in [1.165, 1.54) is 6.07 Å². The van der Waals surface area contributed by atoms with Gasteiger partial charge in [0.2, 0.25) is 5.91 Å². The van der Waals surface area contributed by atoms with Gasteiger partial charge in [0, 0.05) is 19.6 Å². The number of carbonyl (C=O) groups excluding carboxylic acids is 1. The minimum absolute atomic E-state index is 0.0498. The maximum absolute atomic E-state index is 14.0. The molecule has 1 heterocycles. The van der Waals surface area contributed by atoms with Gasteiger partial charge in [-0.25, -0.2) is 4.39 Å². The van der Waals surface area contributed by atoms with Crippen LogP contribution in [0.1, 0.15) is 12.0 Å². The van der Waals surface area contributed by atoms with Gasteiger partial charge >= 0.3 is 0 Å². The summed E-state index contributed by atoms with van der Waals surface area (Å²) in [6.45, 7) is 2.22. The van der Waals surface area contributed by atoms with Crippen LogP contribution in [0.15, 0.2) is 18.2 Å². The van der Waals surface area contributed by atoms with Crippen LogP contribution >= 0.6 is 0 Å². The molecule has 1 fully saturated rings. The quantitative estimate of drug-likeness (QED) is 0.838. The van der Waals surface area contributed by atoms with E-state index in [9.17, 15) is 9.18 Å². The van der Waals surface area contributed by atoms with E-state index in [0.29, 0.717) is 25.3 Å². The van der Waals surface area contributed by atoms with Crippen LogP contribution in [0.2, 0.25) is 0 Å². The van der Waals surface area contributed by atoms with E-state index < -0.39 is 0 Å². The van der Waals surface area contributed by atoms with Crippen LogP contribution in [0.5, 0.6) is 0 Å². The number of hydrogen-bond donors (Lipinski definition) is 2. The zero-order valence-electron chi connectivity index (χ0n) is 10.5. The fourth-order valence-corrected chi connectivity index (χ4v) is 2.13. The highest BCUT2D eigenvalue weighted by molar-refractivity contribution is 5.81. The molecule has 2 N–H and O–H groups in total. The molecule has 0 spiro atoms. The van der Waals surface area contributed by atoms with Crippen LogP contribution in [0, 0.1) is 5.82 Å². The SMILES string of the molecule is CNCc1ccc(N2CCCNC(=O)C2)c(F)c1. The number of anilines is 1. The predicted octanol–water partition coefficient (Wildman–Crippen LogP) is 0.871. The topological polar surface area (TPSA) is 44.4 Å². The summed E-state index contributed by atoms with van der Waals surface area (Å²) in [5.41, 5.74) is 1.41. The average Bonchev–Trinajstić information content (AvgIpc) is 2.54. The molecule has 5 heteroatoms. The Bertz CT molecular complexity index is 436. The van der Waals surface area contributed by atoms with E-state index in [0.717, 1.165) is 12.0 Å². The monoisotopic (exact) mass is 251 g/mol. The molecule has 0 unspecified atom stereocenters. The molecule has 0 aliphatic carbocycles. The van der Waals surface area contributed by atoms with Crippen molar-refractivity contribution in [1.29, 1.82) is 0 Å². The van der Waals surface area contributed by atoms with E-state index in [1.54, 1.807) is 11.0 Å². The van der Waals surface area contributed by atoms with E-state index >= 15 is 0 Å². The van der Waals surface area contributed by atoms with Gasteiger partial charge in [-0.2, -0.15) is 0 Å². The number of nitrogens with zero attached hydrogens (tertiary/aromatic N) is 1. The first-order valence-corrected chi connectivity index (χ1v) is 6.15. The molecule has 1 aromatic carbocycles. The highest BCUT2D eigenvalue weighted by Gasteiger charge is 2.17. The summed E-state index contributed by atoms with van der Waals surface area (Å²) in [6, 6.07) is 5.16. The van der Waals surface area contributed by atoms with Crippen molar-refractivity contribution in [1.82, 2.24) is 10.6 Å². The number of amides is 1. The zero-order chi connectivity index (χ0) is 13.0. The van der Waals surface area contributed by atoms with Crippen molar-refractivity contribution in [2.24, 2.45) is 0 Å². The first-order chi connectivity index (χ1) is 8.70. The molecule has 1 aliphatic heterocycles. The van der Waals surface area contributed by atoms with Gasteiger partial charge in [0.1, 0.15) is 5.82 Å². The van der Waals surface area contributed by atoms with Gasteiger partial charge in [0.25, 0.3) is 0 Å². The Labute approximate surface area is 106 Å². The number of benzene rings is 1. The summed E-state index contributed by atoms with van der Waals surface area (Å²) in [6.07, 6.45) is 0.837. The minimum Gasteiger partial charge on any atom is -0.360 e. The third-order valence-corrected chi connectivity index (χ3v) is 3.00. The maximum Gasteiger partial charge on any atom is 0.239 e. The Balaban J connectivity index is 2.18. The molecule has 1 amide bonds. The lowest BCUT2D eigenvalue weighted by Crippen LogP contribution is -2.33. The van der Waals surface area contributed by atoms with Gasteiger partial charge < -0.3 is 15.5 Å². The van der Waals surface area contributed by atoms with Crippen molar-refractivity contribution >= 4 is 11.6 Å². The van der Waals surface area contributed by atoms with E-state index in [-0.39, 0.29) is 18.3 Å². The fourth-order valence-electron chi connectivity index (χ4n) is 2.13. The summed E-state index contributed by atoms with van der Waals surface area (Å²) in [7, 11) is 1.82. The second kappa shape index (κ2) is 5.82. The lowest BCUT2D eigenvalue weighted by atomic mass is 10.1. The number of rotatable bonds is 3. The standard InChI is InChI=1S/C13H18FN3O/c1-15-8-10-3-4-12(11(14)7-10)17-6-2-5-16-13(18)9-17/h3-4,7,15H,2,5-6,8-9H2,1H3,(H,16,18). The summed E-state index contributed by atoms with van der Waals surface area (Å²) < 4.78 is 14.0. The smallest absolute Gasteiger partial charge is 0.239 e. The lowest BCUT2D eigenvalue weighted by molar-refractivity contribution is -0.119. The molecule has 2 rings (SSSR count). The van der Waals surface area contributed by atoms with Gasteiger partial charge in [0.05, 0.1) is 12.2 Å². The number of carbonyl (C=O) groups is 1. The molecule has 0 saturated carbocycles. The number of nitrogens with one attached hydrogen (secondary N) is 2. The Morgan fingerprint density at radius 1 is 1.50 bits per heavy atom. The molecule has 1 aliphatic rings. The van der Waals surface area contributed by atoms with Gasteiger partial charge in [0.15, 0.2) is 0 Å². The molecule has 4 nitrogen and oxygen atoms in total. The molecule has 0 bridgehead atoms. The van der Waals surface area contributed by atoms with Crippen LogP contribution in [0.3, 0.4) is 0 Å². The third-order valence-electron chi connectivity index (χ3n) is 3.00. The van der Waals surface area contributed by atoms with Crippen molar-refractivity contribution < 1.29 is 9.18 Å². The van der Waals surface area contributed by atoms with Crippen molar-refractivity contribution in [3.05, 3.63) is 29.6 Å². The molecular weight excluding hydrogens is 233 g/mol. The van der Waals surface area contributed by atoms with E-state index in [1.807, 2.05) is 13.1 Å². The Morgan fingerprint density at radius 3 is 3.06 bits per heavy atom. The molecule has 18 heavy (non-hydrogen) atoms. The average molecular weight is 251 g/mol. The summed E-state index contributed by atoms with van der Waals surface area (Å²) in [5, 5.41) is 5.77. The summed E-state index contributed by atoms with van der Waals surface area (Å²) >= 11 is 0.